The number of H-pyrrole nitrogens is 1. The molecule has 0 spiro atoms. The van der Waals surface area contributed by atoms with Crippen LogP contribution in [0.25, 0.3) is 21.8 Å². The van der Waals surface area contributed by atoms with Crippen molar-refractivity contribution in [3.63, 3.8) is 0 Å². The lowest BCUT2D eigenvalue weighted by Gasteiger charge is -2.18. The molecule has 0 fully saturated rings. The fraction of sp³-hybridized carbons (Fsp3) is 0.200. The largest absolute Gasteiger partial charge is 0.507 e. The minimum absolute atomic E-state index is 0.232. The summed E-state index contributed by atoms with van der Waals surface area (Å²) in [5.74, 6) is 0.232. The van der Waals surface area contributed by atoms with Crippen molar-refractivity contribution in [1.29, 1.82) is 0 Å². The van der Waals surface area contributed by atoms with Crippen molar-refractivity contribution in [2.45, 2.75) is 19.4 Å². The van der Waals surface area contributed by atoms with E-state index in [4.69, 9.17) is 0 Å². The summed E-state index contributed by atoms with van der Waals surface area (Å²) in [6, 6.07) is 11.2. The Kier molecular flexibility index (Phi) is 2.16. The van der Waals surface area contributed by atoms with E-state index in [1.54, 1.807) is 26.0 Å². The number of hydrogen-bond acceptors (Lipinski definition) is 2. The number of benzene rings is 2. The molecule has 2 aromatic carbocycles. The smallest absolute Gasteiger partial charge is 0.125 e. The molecule has 3 heteroatoms. The molecular formula is C15H15NO2. The van der Waals surface area contributed by atoms with E-state index in [9.17, 15) is 10.2 Å². The average molecular weight is 241 g/mol. The van der Waals surface area contributed by atoms with Crippen molar-refractivity contribution < 1.29 is 10.2 Å². The fourth-order valence-electron chi connectivity index (χ4n) is 2.45. The quantitative estimate of drug-likeness (QED) is 0.612. The standard InChI is InChI=1S/C15H15NO2/c1-15(2,18)10-7-8-12(17)13-9-5-3-4-6-11(9)16-14(10)13/h3-8,16-18H,1-2H3. The van der Waals surface area contributed by atoms with E-state index in [0.717, 1.165) is 27.4 Å². The molecule has 3 rings (SSSR count). The van der Waals surface area contributed by atoms with E-state index in [0.29, 0.717) is 0 Å². The lowest BCUT2D eigenvalue weighted by atomic mass is 9.95. The highest BCUT2D eigenvalue weighted by Gasteiger charge is 2.22. The number of fused-ring (bicyclic) bond motifs is 3. The van der Waals surface area contributed by atoms with Crippen LogP contribution in [0.2, 0.25) is 0 Å². The lowest BCUT2D eigenvalue weighted by Crippen LogP contribution is -2.15. The first-order valence-corrected chi connectivity index (χ1v) is 5.94. The molecule has 3 aromatic rings. The summed E-state index contributed by atoms with van der Waals surface area (Å²) < 4.78 is 0. The van der Waals surface area contributed by atoms with Gasteiger partial charge in [0.2, 0.25) is 0 Å². The summed E-state index contributed by atoms with van der Waals surface area (Å²) in [5, 5.41) is 22.0. The molecule has 3 nitrogen and oxygen atoms in total. The molecule has 0 amide bonds. The maximum Gasteiger partial charge on any atom is 0.125 e. The molecule has 3 N–H and O–H groups in total. The highest BCUT2D eigenvalue weighted by Crippen LogP contribution is 2.37. The molecular weight excluding hydrogens is 226 g/mol. The number of hydrogen-bond donors (Lipinski definition) is 3. The van der Waals surface area contributed by atoms with Gasteiger partial charge in [0, 0.05) is 21.9 Å². The van der Waals surface area contributed by atoms with Crippen LogP contribution in [-0.4, -0.2) is 15.2 Å². The molecule has 0 bridgehead atoms. The zero-order valence-corrected chi connectivity index (χ0v) is 10.4. The topological polar surface area (TPSA) is 56.2 Å². The maximum atomic E-state index is 10.2. The first-order valence-electron chi connectivity index (χ1n) is 5.94. The van der Waals surface area contributed by atoms with Gasteiger partial charge in [0.05, 0.1) is 11.1 Å². The Hall–Kier alpha value is -2.00. The van der Waals surface area contributed by atoms with Gasteiger partial charge in [-0.3, -0.25) is 0 Å². The number of rotatable bonds is 1. The molecule has 0 unspecified atom stereocenters. The zero-order valence-electron chi connectivity index (χ0n) is 10.4. The van der Waals surface area contributed by atoms with Crippen LogP contribution in [-0.2, 0) is 5.60 Å². The highest BCUT2D eigenvalue weighted by atomic mass is 16.3. The van der Waals surface area contributed by atoms with Crippen LogP contribution >= 0.6 is 0 Å². The van der Waals surface area contributed by atoms with E-state index in [1.807, 2.05) is 24.3 Å². The lowest BCUT2D eigenvalue weighted by molar-refractivity contribution is 0.0800. The summed E-state index contributed by atoms with van der Waals surface area (Å²) >= 11 is 0. The van der Waals surface area contributed by atoms with Gasteiger partial charge < -0.3 is 15.2 Å². The summed E-state index contributed by atoms with van der Waals surface area (Å²) in [6.45, 7) is 3.48. The van der Waals surface area contributed by atoms with Crippen LogP contribution in [0, 0.1) is 0 Å². The van der Waals surface area contributed by atoms with Gasteiger partial charge in [-0.15, -0.1) is 0 Å². The Morgan fingerprint density at radius 1 is 1.06 bits per heavy atom. The number of aromatic amines is 1. The van der Waals surface area contributed by atoms with Gasteiger partial charge in [0.15, 0.2) is 0 Å². The van der Waals surface area contributed by atoms with E-state index in [1.165, 1.54) is 0 Å². The number of nitrogens with one attached hydrogen (secondary N) is 1. The van der Waals surface area contributed by atoms with Crippen LogP contribution in [0.1, 0.15) is 19.4 Å². The van der Waals surface area contributed by atoms with Crippen LogP contribution in [0.5, 0.6) is 5.75 Å². The van der Waals surface area contributed by atoms with Gasteiger partial charge in [-0.1, -0.05) is 24.3 Å². The minimum atomic E-state index is -0.952. The first kappa shape index (κ1) is 11.1. The van der Waals surface area contributed by atoms with Crippen molar-refractivity contribution in [2.24, 2.45) is 0 Å². The van der Waals surface area contributed by atoms with Crippen LogP contribution in [0.4, 0.5) is 0 Å². The first-order chi connectivity index (χ1) is 8.48. The minimum Gasteiger partial charge on any atom is -0.507 e. The van der Waals surface area contributed by atoms with Gasteiger partial charge >= 0.3 is 0 Å². The number of phenolic OH excluding ortho intramolecular Hbond substituents is 1. The van der Waals surface area contributed by atoms with Gasteiger partial charge in [-0.05, 0) is 26.0 Å². The zero-order chi connectivity index (χ0) is 12.9. The van der Waals surface area contributed by atoms with E-state index in [2.05, 4.69) is 4.98 Å². The maximum absolute atomic E-state index is 10.2. The Morgan fingerprint density at radius 3 is 2.50 bits per heavy atom. The third-order valence-electron chi connectivity index (χ3n) is 3.30. The van der Waals surface area contributed by atoms with Crippen LogP contribution < -0.4 is 0 Å². The van der Waals surface area contributed by atoms with Gasteiger partial charge in [0.1, 0.15) is 5.75 Å². The molecule has 1 heterocycles. The average Bonchev–Trinajstić information content (AvgIpc) is 2.67. The Morgan fingerprint density at radius 2 is 1.78 bits per heavy atom. The van der Waals surface area contributed by atoms with Crippen LogP contribution in [0.15, 0.2) is 36.4 Å². The molecule has 0 radical (unpaired) electrons. The number of aromatic nitrogens is 1. The Bertz CT molecular complexity index is 735. The third kappa shape index (κ3) is 1.48. The van der Waals surface area contributed by atoms with Crippen molar-refractivity contribution in [1.82, 2.24) is 4.98 Å². The predicted octanol–water partition coefficient (Wildman–Crippen LogP) is 3.25. The second kappa shape index (κ2) is 3.50. The van der Waals surface area contributed by atoms with Gasteiger partial charge in [0.25, 0.3) is 0 Å². The summed E-state index contributed by atoms with van der Waals surface area (Å²) in [6.07, 6.45) is 0. The molecule has 0 saturated carbocycles. The molecule has 0 aliphatic rings. The molecule has 1 aromatic heterocycles. The second-order valence-corrected chi connectivity index (χ2v) is 5.11. The van der Waals surface area contributed by atoms with Crippen LogP contribution in [0.3, 0.4) is 0 Å². The van der Waals surface area contributed by atoms with Crippen molar-refractivity contribution in [3.8, 4) is 5.75 Å². The second-order valence-electron chi connectivity index (χ2n) is 5.11. The summed E-state index contributed by atoms with van der Waals surface area (Å²) in [4.78, 5) is 3.27. The number of phenols is 1. The van der Waals surface area contributed by atoms with Crippen molar-refractivity contribution in [2.75, 3.05) is 0 Å². The number of aromatic hydroxyl groups is 1. The Balaban J connectivity index is 2.53. The molecule has 0 aliphatic carbocycles. The molecule has 0 aliphatic heterocycles. The molecule has 18 heavy (non-hydrogen) atoms. The van der Waals surface area contributed by atoms with Crippen molar-refractivity contribution in [3.05, 3.63) is 42.0 Å². The van der Waals surface area contributed by atoms with Crippen molar-refractivity contribution >= 4 is 21.8 Å². The summed E-state index contributed by atoms with van der Waals surface area (Å²) in [7, 11) is 0. The predicted molar refractivity (Wildman–Crippen MR) is 72.7 cm³/mol. The van der Waals surface area contributed by atoms with Gasteiger partial charge in [-0.25, -0.2) is 0 Å². The number of para-hydroxylation sites is 1. The highest BCUT2D eigenvalue weighted by molar-refractivity contribution is 6.11. The van der Waals surface area contributed by atoms with E-state index >= 15 is 0 Å². The number of aliphatic hydroxyl groups is 1. The molecule has 92 valence electrons. The summed E-state index contributed by atoms with van der Waals surface area (Å²) in [5.41, 5.74) is 1.59. The normalized spacial score (nSPS) is 12.4. The SMILES string of the molecule is CC(C)(O)c1ccc(O)c2c1[nH]c1ccccc12. The van der Waals surface area contributed by atoms with E-state index < -0.39 is 5.60 Å². The molecule has 0 atom stereocenters. The van der Waals surface area contributed by atoms with E-state index in [-0.39, 0.29) is 5.75 Å². The Labute approximate surface area is 105 Å². The third-order valence-corrected chi connectivity index (χ3v) is 3.30. The fourth-order valence-corrected chi connectivity index (χ4v) is 2.45. The molecule has 0 saturated heterocycles. The monoisotopic (exact) mass is 241 g/mol. The van der Waals surface area contributed by atoms with Gasteiger partial charge in [-0.2, -0.15) is 0 Å².